The Bertz CT molecular complexity index is 917. The minimum Gasteiger partial charge on any atom is -0.325 e. The summed E-state index contributed by atoms with van der Waals surface area (Å²) in [5.74, 6) is -0.0174. The van der Waals surface area contributed by atoms with Crippen molar-refractivity contribution in [3.8, 4) is 5.69 Å². The average Bonchev–Trinajstić information content (AvgIpc) is 3.13. The van der Waals surface area contributed by atoms with Crippen LogP contribution in [-0.2, 0) is 11.3 Å². The molecule has 140 valence electrons. The van der Waals surface area contributed by atoms with Crippen LogP contribution in [0.15, 0.2) is 60.9 Å². The molecule has 5 nitrogen and oxygen atoms in total. The van der Waals surface area contributed by atoms with Crippen molar-refractivity contribution in [2.24, 2.45) is 0 Å². The van der Waals surface area contributed by atoms with E-state index < -0.39 is 0 Å². The Morgan fingerprint density at radius 1 is 1.15 bits per heavy atom. The average molecular weight is 362 g/mol. The van der Waals surface area contributed by atoms with Crippen molar-refractivity contribution in [3.05, 3.63) is 77.6 Å². The highest BCUT2D eigenvalue weighted by atomic mass is 16.2. The highest BCUT2D eigenvalue weighted by Crippen LogP contribution is 2.16. The molecule has 1 aromatic heterocycles. The molecule has 1 unspecified atom stereocenters. The molecule has 3 aromatic rings. The number of nitrogens with zero attached hydrogens (tertiary/aromatic N) is 3. The number of carbonyl (C=O) groups excluding carboxylic acids is 1. The first kappa shape index (κ1) is 18.9. The van der Waals surface area contributed by atoms with Crippen molar-refractivity contribution in [1.82, 2.24) is 14.7 Å². The second-order valence-electron chi connectivity index (χ2n) is 7.01. The monoisotopic (exact) mass is 362 g/mol. The largest absolute Gasteiger partial charge is 0.325 e. The third-order valence-corrected chi connectivity index (χ3v) is 4.90. The lowest BCUT2D eigenvalue weighted by Crippen LogP contribution is -2.39. The summed E-state index contributed by atoms with van der Waals surface area (Å²) in [4.78, 5) is 14.6. The normalized spacial score (nSPS) is 12.2. The van der Waals surface area contributed by atoms with Crippen LogP contribution in [0.4, 0.5) is 5.69 Å². The minimum absolute atomic E-state index is 0.0174. The van der Waals surface area contributed by atoms with Crippen LogP contribution in [0.25, 0.3) is 5.69 Å². The predicted molar refractivity (Wildman–Crippen MR) is 109 cm³/mol. The molecule has 0 radical (unpaired) electrons. The Labute approximate surface area is 160 Å². The first-order valence-electron chi connectivity index (χ1n) is 9.11. The summed E-state index contributed by atoms with van der Waals surface area (Å²) in [5.41, 5.74) is 5.30. The molecule has 1 amide bonds. The van der Waals surface area contributed by atoms with E-state index in [9.17, 15) is 4.79 Å². The molecule has 5 heteroatoms. The minimum atomic E-state index is -0.258. The van der Waals surface area contributed by atoms with Crippen LogP contribution in [0, 0.1) is 13.8 Å². The fourth-order valence-electron chi connectivity index (χ4n) is 2.85. The van der Waals surface area contributed by atoms with Crippen molar-refractivity contribution >= 4 is 11.6 Å². The van der Waals surface area contributed by atoms with E-state index in [1.165, 1.54) is 11.1 Å². The van der Waals surface area contributed by atoms with Gasteiger partial charge in [0.1, 0.15) is 0 Å². The summed E-state index contributed by atoms with van der Waals surface area (Å²) >= 11 is 0. The zero-order chi connectivity index (χ0) is 19.4. The lowest BCUT2D eigenvalue weighted by Gasteiger charge is -2.23. The molecule has 1 heterocycles. The molecule has 0 saturated heterocycles. The molecular weight excluding hydrogens is 336 g/mol. The number of carbonyl (C=O) groups is 1. The second-order valence-corrected chi connectivity index (χ2v) is 7.01. The van der Waals surface area contributed by atoms with E-state index in [1.807, 2.05) is 91.4 Å². The highest BCUT2D eigenvalue weighted by molar-refractivity contribution is 5.94. The summed E-state index contributed by atoms with van der Waals surface area (Å²) in [5, 5.41) is 7.42. The van der Waals surface area contributed by atoms with Gasteiger partial charge in [0.2, 0.25) is 5.91 Å². The number of aryl methyl sites for hydroxylation is 2. The third kappa shape index (κ3) is 4.63. The van der Waals surface area contributed by atoms with Crippen LogP contribution < -0.4 is 5.32 Å². The van der Waals surface area contributed by atoms with Gasteiger partial charge in [-0.05, 0) is 63.2 Å². The number of likely N-dealkylation sites (N-methyl/N-ethyl adjacent to an activating group) is 1. The number of amides is 1. The molecule has 0 aliphatic carbocycles. The van der Waals surface area contributed by atoms with Gasteiger partial charge >= 0.3 is 0 Å². The van der Waals surface area contributed by atoms with Gasteiger partial charge in [-0.1, -0.05) is 24.3 Å². The van der Waals surface area contributed by atoms with E-state index in [0.717, 1.165) is 16.9 Å². The standard InChI is InChI=1S/C22H26N4O/c1-16-10-11-20(12-17(16)2)24-22(27)18(3)25(4)14-19-13-23-26(15-19)21-8-6-5-7-9-21/h5-13,15,18H,14H2,1-4H3,(H,24,27). The number of anilines is 1. The molecule has 0 bridgehead atoms. The van der Waals surface area contributed by atoms with E-state index in [0.29, 0.717) is 6.54 Å². The van der Waals surface area contributed by atoms with Gasteiger partial charge in [0.15, 0.2) is 0 Å². The Morgan fingerprint density at radius 2 is 1.89 bits per heavy atom. The van der Waals surface area contributed by atoms with Gasteiger partial charge in [-0.2, -0.15) is 5.10 Å². The molecule has 1 atom stereocenters. The number of nitrogens with one attached hydrogen (secondary N) is 1. The van der Waals surface area contributed by atoms with Crippen molar-refractivity contribution in [2.45, 2.75) is 33.4 Å². The van der Waals surface area contributed by atoms with Gasteiger partial charge < -0.3 is 5.32 Å². The van der Waals surface area contributed by atoms with Crippen molar-refractivity contribution in [2.75, 3.05) is 12.4 Å². The zero-order valence-electron chi connectivity index (χ0n) is 16.3. The van der Waals surface area contributed by atoms with E-state index >= 15 is 0 Å². The van der Waals surface area contributed by atoms with Crippen molar-refractivity contribution in [3.63, 3.8) is 0 Å². The lowest BCUT2D eigenvalue weighted by atomic mass is 10.1. The van der Waals surface area contributed by atoms with Crippen LogP contribution in [0.1, 0.15) is 23.6 Å². The summed E-state index contributed by atoms with van der Waals surface area (Å²) < 4.78 is 1.85. The SMILES string of the molecule is Cc1ccc(NC(=O)C(C)N(C)Cc2cnn(-c3ccccc3)c2)cc1C. The van der Waals surface area contributed by atoms with E-state index in [-0.39, 0.29) is 11.9 Å². The Balaban J connectivity index is 1.61. The summed E-state index contributed by atoms with van der Waals surface area (Å²) in [6.45, 7) is 6.67. The number of hydrogen-bond acceptors (Lipinski definition) is 3. The first-order valence-corrected chi connectivity index (χ1v) is 9.11. The lowest BCUT2D eigenvalue weighted by molar-refractivity contribution is -0.120. The summed E-state index contributed by atoms with van der Waals surface area (Å²) in [6.07, 6.45) is 3.84. The molecule has 3 rings (SSSR count). The van der Waals surface area contributed by atoms with Gasteiger partial charge in [-0.25, -0.2) is 4.68 Å². The molecule has 1 N–H and O–H groups in total. The summed E-state index contributed by atoms with van der Waals surface area (Å²) in [6, 6.07) is 15.7. The second kappa shape index (κ2) is 8.18. The zero-order valence-corrected chi connectivity index (χ0v) is 16.3. The number of benzene rings is 2. The Hall–Kier alpha value is -2.92. The molecule has 0 aliphatic rings. The fourth-order valence-corrected chi connectivity index (χ4v) is 2.85. The smallest absolute Gasteiger partial charge is 0.241 e. The van der Waals surface area contributed by atoms with Gasteiger partial charge in [-0.15, -0.1) is 0 Å². The molecular formula is C22H26N4O. The Kier molecular flexibility index (Phi) is 5.72. The summed E-state index contributed by atoms with van der Waals surface area (Å²) in [7, 11) is 1.95. The Morgan fingerprint density at radius 3 is 2.59 bits per heavy atom. The highest BCUT2D eigenvalue weighted by Gasteiger charge is 2.19. The van der Waals surface area contributed by atoms with Crippen LogP contribution in [0.2, 0.25) is 0 Å². The maximum absolute atomic E-state index is 12.6. The topological polar surface area (TPSA) is 50.2 Å². The van der Waals surface area contributed by atoms with Gasteiger partial charge in [-0.3, -0.25) is 9.69 Å². The number of hydrogen-bond donors (Lipinski definition) is 1. The van der Waals surface area contributed by atoms with E-state index in [4.69, 9.17) is 0 Å². The number of aromatic nitrogens is 2. The predicted octanol–water partition coefficient (Wildman–Crippen LogP) is 3.95. The molecule has 0 fully saturated rings. The molecule has 2 aromatic carbocycles. The maximum atomic E-state index is 12.6. The molecule has 0 spiro atoms. The van der Waals surface area contributed by atoms with Crippen LogP contribution in [0.3, 0.4) is 0 Å². The first-order chi connectivity index (χ1) is 12.9. The fraction of sp³-hybridized carbons (Fsp3) is 0.273. The van der Waals surface area contributed by atoms with Gasteiger partial charge in [0, 0.05) is 24.0 Å². The van der Waals surface area contributed by atoms with Crippen molar-refractivity contribution < 1.29 is 4.79 Å². The third-order valence-electron chi connectivity index (χ3n) is 4.90. The van der Waals surface area contributed by atoms with Crippen LogP contribution >= 0.6 is 0 Å². The molecule has 0 aliphatic heterocycles. The molecule has 27 heavy (non-hydrogen) atoms. The van der Waals surface area contributed by atoms with E-state index in [1.54, 1.807) is 0 Å². The number of rotatable bonds is 6. The van der Waals surface area contributed by atoms with Crippen LogP contribution in [0.5, 0.6) is 0 Å². The maximum Gasteiger partial charge on any atom is 0.241 e. The quantitative estimate of drug-likeness (QED) is 0.722. The van der Waals surface area contributed by atoms with Crippen molar-refractivity contribution in [1.29, 1.82) is 0 Å². The van der Waals surface area contributed by atoms with E-state index in [2.05, 4.69) is 17.3 Å². The number of para-hydroxylation sites is 1. The van der Waals surface area contributed by atoms with Gasteiger partial charge in [0.25, 0.3) is 0 Å². The van der Waals surface area contributed by atoms with Crippen LogP contribution in [-0.4, -0.2) is 33.7 Å². The van der Waals surface area contributed by atoms with Gasteiger partial charge in [0.05, 0.1) is 17.9 Å². The molecule has 0 saturated carbocycles.